The molecule has 4 N–H and O–H groups in total. The Hall–Kier alpha value is -5.17. The molecule has 0 fully saturated rings. The molecule has 2 unspecified atom stereocenters. The van der Waals surface area contributed by atoms with Crippen molar-refractivity contribution in [1.29, 1.82) is 0 Å². The van der Waals surface area contributed by atoms with Gasteiger partial charge < -0.3 is 34.8 Å². The van der Waals surface area contributed by atoms with E-state index in [1.807, 2.05) is 6.07 Å². The molecule has 13 nitrogen and oxygen atoms in total. The molecule has 0 saturated heterocycles. The number of thioether (sulfide) groups is 1. The van der Waals surface area contributed by atoms with Gasteiger partial charge in [-0.05, 0) is 61.5 Å². The fourth-order valence-electron chi connectivity index (χ4n) is 4.89. The van der Waals surface area contributed by atoms with Crippen LogP contribution in [0.2, 0.25) is 0 Å². The molecule has 296 valence electrons. The molecule has 2 aromatic carbocycles. The third-order valence-corrected chi connectivity index (χ3v) is 9.22. The summed E-state index contributed by atoms with van der Waals surface area (Å²) in [6, 6.07) is 14.4. The number of alkyl halides is 3. The van der Waals surface area contributed by atoms with Gasteiger partial charge in [0.2, 0.25) is 5.91 Å². The highest BCUT2D eigenvalue weighted by Crippen LogP contribution is 2.30. The largest absolute Gasteiger partial charge is 0.479 e. The number of benzene rings is 2. The highest BCUT2D eigenvalue weighted by atomic mass is 32.2. The van der Waals surface area contributed by atoms with Crippen molar-refractivity contribution in [1.82, 2.24) is 24.3 Å². The van der Waals surface area contributed by atoms with Crippen LogP contribution in [0.15, 0.2) is 83.0 Å². The number of hydrogen-bond acceptors (Lipinski definition) is 10. The first-order chi connectivity index (χ1) is 25.9. The maximum absolute atomic E-state index is 13.8. The van der Waals surface area contributed by atoms with E-state index < -0.39 is 35.9 Å². The Morgan fingerprint density at radius 1 is 0.873 bits per heavy atom. The summed E-state index contributed by atoms with van der Waals surface area (Å²) in [7, 11) is 0. The quantitative estimate of drug-likeness (QED) is 0.0717. The third-order valence-electron chi connectivity index (χ3n) is 8.16. The smallest absolute Gasteiger partial charge is 0.416 e. The summed E-state index contributed by atoms with van der Waals surface area (Å²) in [6.45, 7) is 8.74. The lowest BCUT2D eigenvalue weighted by Gasteiger charge is -2.27. The van der Waals surface area contributed by atoms with Gasteiger partial charge in [0, 0.05) is 48.9 Å². The van der Waals surface area contributed by atoms with Crippen LogP contribution in [0.1, 0.15) is 36.1 Å². The van der Waals surface area contributed by atoms with Crippen LogP contribution in [0.3, 0.4) is 0 Å². The van der Waals surface area contributed by atoms with E-state index in [4.69, 9.17) is 20.4 Å². The fourth-order valence-corrected chi connectivity index (χ4v) is 5.81. The normalized spacial score (nSPS) is 12.4. The van der Waals surface area contributed by atoms with Gasteiger partial charge in [0.1, 0.15) is 12.4 Å². The molecule has 0 bridgehead atoms. The zero-order valence-electron chi connectivity index (χ0n) is 30.1. The number of aliphatic carboxylic acids is 2. The van der Waals surface area contributed by atoms with Crippen LogP contribution in [0.5, 0.6) is 0 Å². The van der Waals surface area contributed by atoms with E-state index in [0.29, 0.717) is 40.8 Å². The number of carbonyl (C=O) groups is 3. The zero-order valence-corrected chi connectivity index (χ0v) is 30.9. The predicted octanol–water partition coefficient (Wildman–Crippen LogP) is 4.31. The molecule has 2 atom stereocenters. The second-order valence-corrected chi connectivity index (χ2v) is 13.0. The summed E-state index contributed by atoms with van der Waals surface area (Å²) in [6.07, 6.45) is -5.69. The molecule has 55 heavy (non-hydrogen) atoms. The van der Waals surface area contributed by atoms with E-state index in [0.717, 1.165) is 36.3 Å². The van der Waals surface area contributed by atoms with Crippen molar-refractivity contribution in [2.45, 2.75) is 63.2 Å². The number of aryl methyl sites for hydroxylation is 1. The van der Waals surface area contributed by atoms with Gasteiger partial charge in [0.25, 0.3) is 5.56 Å². The number of carbonyl (C=O) groups excluding carboxylic acids is 1. The number of carboxylic acid groups (broad SMARTS) is 2. The standard InChI is InChI=1S/C33H35F4N5O2S.C4H6O6/c1-4-40(5-2)16-17-41(20-25-8-15-29(38-18-25)26-9-11-27(12-10-26)33(35,36)37)30(43)21-42-19-23(3)31(44)39-32(42)45-22-24-6-13-28(34)14-7-24;5-1(3(7)8)2(6)4(9)10/h6-15,18-19H,4-5,16-17,20-22H2,1-3H3;1-2,5-6H,(H,7,8)(H,9,10). The van der Waals surface area contributed by atoms with Gasteiger partial charge in [-0.2, -0.15) is 18.2 Å². The number of halogens is 4. The molecule has 4 aromatic rings. The summed E-state index contributed by atoms with van der Waals surface area (Å²) in [5.41, 5.74) is 1.99. The molecule has 4 rings (SSSR count). The fraction of sp³-hybridized carbons (Fsp3) is 0.351. The first kappa shape index (κ1) is 44.2. The lowest BCUT2D eigenvalue weighted by molar-refractivity contribution is -0.165. The third kappa shape index (κ3) is 13.6. The zero-order chi connectivity index (χ0) is 40.9. The molecule has 0 aliphatic carbocycles. The van der Waals surface area contributed by atoms with E-state index >= 15 is 0 Å². The molecule has 2 aromatic heterocycles. The summed E-state index contributed by atoms with van der Waals surface area (Å²) < 4.78 is 53.9. The number of pyridine rings is 1. The minimum Gasteiger partial charge on any atom is -0.479 e. The number of hydrogen-bond donors (Lipinski definition) is 4. The second kappa shape index (κ2) is 20.5. The van der Waals surface area contributed by atoms with Crippen molar-refractivity contribution in [3.63, 3.8) is 0 Å². The monoisotopic (exact) mass is 791 g/mol. The van der Waals surface area contributed by atoms with Gasteiger partial charge in [0.15, 0.2) is 17.4 Å². The first-order valence-corrected chi connectivity index (χ1v) is 17.8. The maximum atomic E-state index is 13.8. The lowest BCUT2D eigenvalue weighted by atomic mass is 10.1. The number of nitrogens with zero attached hydrogens (tertiary/aromatic N) is 5. The molecule has 0 spiro atoms. The second-order valence-electron chi connectivity index (χ2n) is 12.1. The molecular formula is C37H41F4N5O8S. The number of amides is 1. The van der Waals surface area contributed by atoms with Gasteiger partial charge in [-0.25, -0.2) is 14.0 Å². The maximum Gasteiger partial charge on any atom is 0.416 e. The summed E-state index contributed by atoms with van der Waals surface area (Å²) in [5.74, 6) is -3.62. The molecule has 0 aliphatic heterocycles. The summed E-state index contributed by atoms with van der Waals surface area (Å²) >= 11 is 1.29. The number of likely N-dealkylation sites (N-methyl/N-ethyl adjacent to an activating group) is 1. The molecule has 18 heteroatoms. The van der Waals surface area contributed by atoms with Crippen LogP contribution in [0, 0.1) is 12.7 Å². The summed E-state index contributed by atoms with van der Waals surface area (Å²) in [5, 5.41) is 32.9. The van der Waals surface area contributed by atoms with Crippen molar-refractivity contribution < 1.29 is 52.4 Å². The van der Waals surface area contributed by atoms with Crippen LogP contribution in [0.25, 0.3) is 11.3 Å². The highest BCUT2D eigenvalue weighted by Gasteiger charge is 2.30. The van der Waals surface area contributed by atoms with Crippen LogP contribution >= 0.6 is 11.8 Å². The van der Waals surface area contributed by atoms with Crippen LogP contribution < -0.4 is 5.56 Å². The molecule has 0 aliphatic rings. The molecule has 0 radical (unpaired) electrons. The molecular weight excluding hydrogens is 750 g/mol. The Labute approximate surface area is 317 Å². The molecule has 2 heterocycles. The number of aliphatic hydroxyl groups is 2. The van der Waals surface area contributed by atoms with Gasteiger partial charge >= 0.3 is 18.1 Å². The Balaban J connectivity index is 0.000000712. The Bertz CT molecular complexity index is 1920. The Kier molecular flexibility index (Phi) is 16.5. The van der Waals surface area contributed by atoms with Crippen molar-refractivity contribution >= 4 is 29.6 Å². The highest BCUT2D eigenvalue weighted by molar-refractivity contribution is 7.98. The van der Waals surface area contributed by atoms with Gasteiger partial charge in [0.05, 0.1) is 11.3 Å². The van der Waals surface area contributed by atoms with Gasteiger partial charge in [-0.15, -0.1) is 0 Å². The number of aliphatic hydroxyl groups excluding tert-OH is 2. The number of rotatable bonds is 16. The van der Waals surface area contributed by atoms with E-state index in [1.165, 1.54) is 36.0 Å². The van der Waals surface area contributed by atoms with Crippen molar-refractivity contribution in [2.24, 2.45) is 0 Å². The number of aromatic nitrogens is 3. The van der Waals surface area contributed by atoms with Gasteiger partial charge in [-0.1, -0.05) is 55.9 Å². The Morgan fingerprint density at radius 2 is 1.45 bits per heavy atom. The predicted molar refractivity (Wildman–Crippen MR) is 194 cm³/mol. The van der Waals surface area contributed by atoms with E-state index in [2.05, 4.69) is 28.7 Å². The lowest BCUT2D eigenvalue weighted by Crippen LogP contribution is -2.40. The molecule has 1 amide bonds. The number of carboxylic acids is 2. The van der Waals surface area contributed by atoms with Crippen LogP contribution in [-0.2, 0) is 39.4 Å². The van der Waals surface area contributed by atoms with Crippen molar-refractivity contribution in [3.8, 4) is 11.3 Å². The summed E-state index contributed by atoms with van der Waals surface area (Å²) in [4.78, 5) is 58.3. The average Bonchev–Trinajstić information content (AvgIpc) is 3.15. The Morgan fingerprint density at radius 3 is 1.96 bits per heavy atom. The van der Waals surface area contributed by atoms with Crippen molar-refractivity contribution in [2.75, 3.05) is 26.2 Å². The van der Waals surface area contributed by atoms with Crippen LogP contribution in [0.4, 0.5) is 17.6 Å². The van der Waals surface area contributed by atoms with Gasteiger partial charge in [-0.3, -0.25) is 14.6 Å². The molecule has 0 saturated carbocycles. The average molecular weight is 792 g/mol. The van der Waals surface area contributed by atoms with E-state index in [-0.39, 0.29) is 30.4 Å². The van der Waals surface area contributed by atoms with Crippen molar-refractivity contribution in [3.05, 3.63) is 111 Å². The first-order valence-electron chi connectivity index (χ1n) is 16.8. The van der Waals surface area contributed by atoms with Crippen LogP contribution in [-0.4, -0.2) is 101 Å². The van der Waals surface area contributed by atoms with E-state index in [9.17, 15) is 36.7 Å². The minimum absolute atomic E-state index is 0.0464. The topological polar surface area (TPSA) is 186 Å². The SMILES string of the molecule is CCN(CC)CCN(Cc1ccc(-c2ccc(C(F)(F)F)cc2)nc1)C(=O)Cn1cc(C)c(=O)nc1SCc1ccc(F)cc1.O=C(O)C(O)C(O)C(=O)O. The minimum atomic E-state index is -4.41. The van der Waals surface area contributed by atoms with E-state index in [1.54, 1.807) is 47.0 Å².